The second-order valence-corrected chi connectivity index (χ2v) is 9.64. The van der Waals surface area contributed by atoms with Crippen LogP contribution in [0.5, 0.6) is 0 Å². The Hall–Kier alpha value is -3.19. The minimum atomic E-state index is -0.289. The van der Waals surface area contributed by atoms with E-state index in [1.165, 1.54) is 12.1 Å². The highest BCUT2D eigenvalue weighted by atomic mass is 19.1. The molecular formula is C29H38FN5O. The highest BCUT2D eigenvalue weighted by Gasteiger charge is 2.29. The van der Waals surface area contributed by atoms with Gasteiger partial charge in [0, 0.05) is 37.8 Å². The maximum atomic E-state index is 14.2. The Kier molecular flexibility index (Phi) is 8.41. The van der Waals surface area contributed by atoms with Gasteiger partial charge in [0.1, 0.15) is 11.6 Å². The van der Waals surface area contributed by atoms with Gasteiger partial charge < -0.3 is 14.7 Å². The van der Waals surface area contributed by atoms with E-state index in [1.807, 2.05) is 52.9 Å². The van der Waals surface area contributed by atoms with Crippen LogP contribution in [0.25, 0.3) is 5.69 Å². The second kappa shape index (κ2) is 11.7. The van der Waals surface area contributed by atoms with Gasteiger partial charge in [0.2, 0.25) is 5.91 Å². The van der Waals surface area contributed by atoms with E-state index in [9.17, 15) is 9.18 Å². The highest BCUT2D eigenvalue weighted by molar-refractivity contribution is 5.79. The molecule has 0 N–H and O–H groups in total. The van der Waals surface area contributed by atoms with Gasteiger partial charge in [0.25, 0.3) is 0 Å². The number of anilines is 1. The molecule has 1 amide bonds. The van der Waals surface area contributed by atoms with Gasteiger partial charge in [0.15, 0.2) is 0 Å². The van der Waals surface area contributed by atoms with Crippen molar-refractivity contribution in [1.82, 2.24) is 19.6 Å². The Morgan fingerprint density at radius 3 is 2.42 bits per heavy atom. The summed E-state index contributed by atoms with van der Waals surface area (Å²) >= 11 is 0. The van der Waals surface area contributed by atoms with E-state index < -0.39 is 0 Å². The second-order valence-electron chi connectivity index (χ2n) is 9.64. The summed E-state index contributed by atoms with van der Waals surface area (Å²) in [6, 6.07) is 16.6. The van der Waals surface area contributed by atoms with Gasteiger partial charge in [-0.1, -0.05) is 50.2 Å². The summed E-state index contributed by atoms with van der Waals surface area (Å²) in [5.41, 5.74) is 3.61. The van der Waals surface area contributed by atoms with Gasteiger partial charge in [0.05, 0.1) is 24.3 Å². The van der Waals surface area contributed by atoms with Crippen molar-refractivity contribution < 1.29 is 9.18 Å². The Labute approximate surface area is 214 Å². The van der Waals surface area contributed by atoms with E-state index in [0.29, 0.717) is 18.7 Å². The lowest BCUT2D eigenvalue weighted by molar-refractivity contribution is -0.133. The third-order valence-electron chi connectivity index (χ3n) is 7.30. The fourth-order valence-electron chi connectivity index (χ4n) is 4.87. The van der Waals surface area contributed by atoms with Gasteiger partial charge in [-0.25, -0.2) is 9.07 Å². The third kappa shape index (κ3) is 5.78. The van der Waals surface area contributed by atoms with E-state index in [4.69, 9.17) is 5.10 Å². The van der Waals surface area contributed by atoms with Crippen molar-refractivity contribution in [3.05, 3.63) is 77.2 Å². The monoisotopic (exact) mass is 491 g/mol. The number of aromatic nitrogens is 2. The highest BCUT2D eigenvalue weighted by Crippen LogP contribution is 2.31. The van der Waals surface area contributed by atoms with Crippen LogP contribution in [-0.4, -0.2) is 64.3 Å². The fourth-order valence-corrected chi connectivity index (χ4v) is 4.87. The molecule has 192 valence electrons. The molecule has 0 saturated carbocycles. The number of likely N-dealkylation sites (N-methyl/N-ethyl adjacent to an activating group) is 1. The number of carbonyl (C=O) groups excluding carboxylic acids is 1. The first-order chi connectivity index (χ1) is 17.4. The average molecular weight is 492 g/mol. The molecule has 36 heavy (non-hydrogen) atoms. The van der Waals surface area contributed by atoms with E-state index in [-0.39, 0.29) is 17.8 Å². The molecular weight excluding hydrogens is 453 g/mol. The van der Waals surface area contributed by atoms with Gasteiger partial charge >= 0.3 is 0 Å². The number of hydrogen-bond donors (Lipinski definition) is 0. The van der Waals surface area contributed by atoms with E-state index >= 15 is 0 Å². The van der Waals surface area contributed by atoms with E-state index in [1.54, 1.807) is 6.07 Å². The molecule has 1 aliphatic rings. The molecule has 7 heteroatoms. The molecule has 3 aromatic rings. The van der Waals surface area contributed by atoms with E-state index in [0.717, 1.165) is 61.8 Å². The normalized spacial score (nSPS) is 15.2. The Morgan fingerprint density at radius 2 is 1.78 bits per heavy atom. The summed E-state index contributed by atoms with van der Waals surface area (Å²) < 4.78 is 16.1. The van der Waals surface area contributed by atoms with Gasteiger partial charge in [-0.3, -0.25) is 4.79 Å². The van der Waals surface area contributed by atoms with Gasteiger partial charge in [-0.15, -0.1) is 0 Å². The maximum Gasteiger partial charge on any atom is 0.227 e. The van der Waals surface area contributed by atoms with Crippen molar-refractivity contribution in [3.8, 4) is 5.69 Å². The molecule has 2 aromatic carbocycles. The van der Waals surface area contributed by atoms with Crippen molar-refractivity contribution in [2.75, 3.05) is 37.6 Å². The first-order valence-corrected chi connectivity index (χ1v) is 13.1. The number of nitrogens with zero attached hydrogens (tertiary/aromatic N) is 5. The van der Waals surface area contributed by atoms with Crippen LogP contribution >= 0.6 is 0 Å². The first-order valence-electron chi connectivity index (χ1n) is 13.1. The van der Waals surface area contributed by atoms with Crippen LogP contribution in [0.2, 0.25) is 0 Å². The van der Waals surface area contributed by atoms with Crippen LogP contribution in [0.1, 0.15) is 44.0 Å². The van der Waals surface area contributed by atoms with Crippen LogP contribution in [-0.2, 0) is 17.8 Å². The van der Waals surface area contributed by atoms with Crippen LogP contribution < -0.4 is 4.90 Å². The predicted octanol–water partition coefficient (Wildman–Crippen LogP) is 4.83. The topological polar surface area (TPSA) is 44.6 Å². The molecule has 0 bridgehead atoms. The lowest BCUT2D eigenvalue weighted by Crippen LogP contribution is -2.47. The van der Waals surface area contributed by atoms with Crippen molar-refractivity contribution in [2.45, 2.75) is 53.1 Å². The molecule has 1 saturated heterocycles. The molecule has 4 rings (SSSR count). The zero-order chi connectivity index (χ0) is 25.7. The molecule has 6 nitrogen and oxygen atoms in total. The third-order valence-corrected chi connectivity index (χ3v) is 7.30. The summed E-state index contributed by atoms with van der Waals surface area (Å²) in [4.78, 5) is 20.3. The number of piperazine rings is 1. The maximum absolute atomic E-state index is 14.2. The lowest BCUT2D eigenvalue weighted by Gasteiger charge is -2.37. The number of hydrogen-bond acceptors (Lipinski definition) is 4. The quantitative estimate of drug-likeness (QED) is 0.430. The van der Waals surface area contributed by atoms with Gasteiger partial charge in [-0.2, -0.15) is 5.10 Å². The van der Waals surface area contributed by atoms with Crippen molar-refractivity contribution in [3.63, 3.8) is 0 Å². The minimum Gasteiger partial charge on any atom is -0.354 e. The Balaban J connectivity index is 1.72. The minimum absolute atomic E-state index is 0.0860. The molecule has 0 spiro atoms. The standard InChI is InChI=1S/C29H38FN5O/c1-5-22(3)34(28(36)19-24-11-8-7-9-12-24)21-27-23(4)31-35(26-14-10-13-25(30)20-26)29(27)33-17-15-32(6-2)16-18-33/h7-14,20,22H,5-6,15-19,21H2,1-4H3. The number of rotatable bonds is 9. The van der Waals surface area contributed by atoms with Crippen LogP contribution in [0.3, 0.4) is 0 Å². The van der Waals surface area contributed by atoms with Crippen LogP contribution in [0.4, 0.5) is 10.2 Å². The summed E-state index contributed by atoms with van der Waals surface area (Å²) in [5, 5.41) is 4.87. The number of amides is 1. The number of carbonyl (C=O) groups is 1. The molecule has 1 aliphatic heterocycles. The molecule has 1 atom stereocenters. The number of benzene rings is 2. The molecule has 0 aliphatic carbocycles. The van der Waals surface area contributed by atoms with Gasteiger partial charge in [-0.05, 0) is 50.6 Å². The first kappa shape index (κ1) is 25.9. The zero-order valence-corrected chi connectivity index (χ0v) is 22.0. The zero-order valence-electron chi connectivity index (χ0n) is 22.0. The summed E-state index contributed by atoms with van der Waals surface area (Å²) in [6.45, 7) is 13.6. The lowest BCUT2D eigenvalue weighted by atomic mass is 10.1. The smallest absolute Gasteiger partial charge is 0.227 e. The Morgan fingerprint density at radius 1 is 1.06 bits per heavy atom. The summed E-state index contributed by atoms with van der Waals surface area (Å²) in [7, 11) is 0. The summed E-state index contributed by atoms with van der Waals surface area (Å²) in [5.74, 6) is 0.785. The molecule has 0 radical (unpaired) electrons. The Bertz CT molecular complexity index is 1150. The average Bonchev–Trinajstić information content (AvgIpc) is 3.23. The van der Waals surface area contributed by atoms with Crippen LogP contribution in [0, 0.1) is 12.7 Å². The SMILES string of the molecule is CCC(C)N(Cc1c(C)nn(-c2cccc(F)c2)c1N1CCN(CC)CC1)C(=O)Cc1ccccc1. The number of aryl methyl sites for hydroxylation is 1. The molecule has 1 aromatic heterocycles. The molecule has 2 heterocycles. The van der Waals surface area contributed by atoms with Crippen molar-refractivity contribution >= 4 is 11.7 Å². The van der Waals surface area contributed by atoms with Crippen LogP contribution in [0.15, 0.2) is 54.6 Å². The largest absolute Gasteiger partial charge is 0.354 e. The molecule has 1 unspecified atom stereocenters. The predicted molar refractivity (Wildman–Crippen MR) is 143 cm³/mol. The van der Waals surface area contributed by atoms with E-state index in [2.05, 4.69) is 30.6 Å². The molecule has 1 fully saturated rings. The number of halogens is 1. The van der Waals surface area contributed by atoms with Crippen molar-refractivity contribution in [1.29, 1.82) is 0 Å². The fraction of sp³-hybridized carbons (Fsp3) is 0.448. The summed E-state index contributed by atoms with van der Waals surface area (Å²) in [6.07, 6.45) is 1.23. The van der Waals surface area contributed by atoms with Crippen molar-refractivity contribution in [2.24, 2.45) is 0 Å².